The van der Waals surface area contributed by atoms with E-state index in [0.717, 1.165) is 12.0 Å². The maximum atomic E-state index is 13.2. The van der Waals surface area contributed by atoms with Gasteiger partial charge in [0.25, 0.3) is 0 Å². The van der Waals surface area contributed by atoms with Crippen LogP contribution in [0.2, 0.25) is 0 Å². The summed E-state index contributed by atoms with van der Waals surface area (Å²) in [7, 11) is 0. The Hall–Kier alpha value is -2.14. The fraction of sp³-hybridized carbons (Fsp3) is 0.545. The Labute approximate surface area is 160 Å². The van der Waals surface area contributed by atoms with Gasteiger partial charge >= 0.3 is 0 Å². The van der Waals surface area contributed by atoms with Gasteiger partial charge in [-0.05, 0) is 24.8 Å². The normalized spacial score (nSPS) is 31.0. The van der Waals surface area contributed by atoms with Gasteiger partial charge in [-0.1, -0.05) is 55.8 Å². The van der Waals surface area contributed by atoms with Crippen molar-refractivity contribution < 1.29 is 14.3 Å². The number of rotatable bonds is 6. The predicted octanol–water partition coefficient (Wildman–Crippen LogP) is 2.44. The molecule has 27 heavy (non-hydrogen) atoms. The Kier molecular flexibility index (Phi) is 4.58. The maximum absolute atomic E-state index is 13.2. The summed E-state index contributed by atoms with van der Waals surface area (Å²) in [5, 5.41) is 3.02. The van der Waals surface area contributed by atoms with Gasteiger partial charge in [0.15, 0.2) is 0 Å². The van der Waals surface area contributed by atoms with Crippen LogP contribution < -0.4 is 5.32 Å². The summed E-state index contributed by atoms with van der Waals surface area (Å²) in [6, 6.07) is 8.22. The third-order valence-electron chi connectivity index (χ3n) is 6.00. The smallest absolute Gasteiger partial charge is 0.230 e. The first kappa shape index (κ1) is 18.2. The van der Waals surface area contributed by atoms with Crippen molar-refractivity contribution in [1.82, 2.24) is 10.2 Å². The van der Waals surface area contributed by atoms with Gasteiger partial charge in [0.2, 0.25) is 11.8 Å². The number of nitrogens with zero attached hydrogens (tertiary/aromatic N) is 1. The van der Waals surface area contributed by atoms with E-state index in [2.05, 4.69) is 43.4 Å². The lowest BCUT2D eigenvalue weighted by atomic mass is 9.77. The molecule has 5 heteroatoms. The molecule has 1 aromatic carbocycles. The Morgan fingerprint density at radius 1 is 1.33 bits per heavy atom. The van der Waals surface area contributed by atoms with E-state index >= 15 is 0 Å². The average Bonchev–Trinajstić information content (AvgIpc) is 3.25. The van der Waals surface area contributed by atoms with E-state index in [1.54, 1.807) is 0 Å². The predicted molar refractivity (Wildman–Crippen MR) is 103 cm³/mol. The topological polar surface area (TPSA) is 58.6 Å². The number of carbonyl (C=O) groups is 2. The molecule has 3 heterocycles. The van der Waals surface area contributed by atoms with Crippen molar-refractivity contribution in [3.05, 3.63) is 47.5 Å². The van der Waals surface area contributed by atoms with E-state index in [9.17, 15) is 9.59 Å². The molecule has 2 saturated heterocycles. The molecule has 2 bridgehead atoms. The van der Waals surface area contributed by atoms with Crippen LogP contribution in [0.1, 0.15) is 31.4 Å². The zero-order chi connectivity index (χ0) is 19.2. The number of hydrogen-bond donors (Lipinski definition) is 1. The van der Waals surface area contributed by atoms with Crippen molar-refractivity contribution in [2.24, 2.45) is 17.8 Å². The zero-order valence-corrected chi connectivity index (χ0v) is 16.3. The minimum Gasteiger partial charge on any atom is -0.360 e. The highest BCUT2D eigenvalue weighted by Gasteiger charge is 2.66. The van der Waals surface area contributed by atoms with Crippen LogP contribution in [-0.4, -0.2) is 41.5 Å². The summed E-state index contributed by atoms with van der Waals surface area (Å²) in [6.45, 7) is 8.04. The van der Waals surface area contributed by atoms with E-state index in [4.69, 9.17) is 4.74 Å². The lowest BCUT2D eigenvalue weighted by Gasteiger charge is -2.23. The molecular weight excluding hydrogens is 340 g/mol. The molecule has 4 atom stereocenters. The Morgan fingerprint density at radius 3 is 2.78 bits per heavy atom. The Morgan fingerprint density at radius 2 is 2.07 bits per heavy atom. The number of ether oxygens (including phenoxy) is 1. The van der Waals surface area contributed by atoms with Crippen LogP contribution in [-0.2, 0) is 20.9 Å². The summed E-state index contributed by atoms with van der Waals surface area (Å²) < 4.78 is 6.17. The van der Waals surface area contributed by atoms with Crippen LogP contribution >= 0.6 is 0 Å². The van der Waals surface area contributed by atoms with E-state index in [1.807, 2.05) is 24.0 Å². The van der Waals surface area contributed by atoms with Gasteiger partial charge in [-0.25, -0.2) is 0 Å². The number of carbonyl (C=O) groups excluding carboxylic acids is 2. The van der Waals surface area contributed by atoms with E-state index in [1.165, 1.54) is 5.56 Å². The highest BCUT2D eigenvalue weighted by molar-refractivity contribution is 5.93. The Bertz CT molecular complexity index is 770. The number of aryl methyl sites for hydroxylation is 1. The summed E-state index contributed by atoms with van der Waals surface area (Å²) >= 11 is 0. The van der Waals surface area contributed by atoms with Crippen molar-refractivity contribution in [2.75, 3.05) is 13.1 Å². The molecule has 1 N–H and O–H groups in total. The van der Waals surface area contributed by atoms with Crippen molar-refractivity contribution in [3.8, 4) is 0 Å². The molecule has 2 fully saturated rings. The fourth-order valence-electron chi connectivity index (χ4n) is 4.53. The van der Waals surface area contributed by atoms with Crippen LogP contribution in [0.5, 0.6) is 0 Å². The molecular formula is C22H28N2O3. The molecule has 1 spiro atoms. The molecule has 2 amide bonds. The number of hydrogen-bond acceptors (Lipinski definition) is 3. The van der Waals surface area contributed by atoms with Crippen LogP contribution in [0.4, 0.5) is 0 Å². The third-order valence-corrected chi connectivity index (χ3v) is 6.00. The summed E-state index contributed by atoms with van der Waals surface area (Å²) in [5.74, 6) is -0.311. The first-order valence-corrected chi connectivity index (χ1v) is 9.89. The fourth-order valence-corrected chi connectivity index (χ4v) is 4.53. The average molecular weight is 368 g/mol. The van der Waals surface area contributed by atoms with Gasteiger partial charge in [-0.3, -0.25) is 9.59 Å². The van der Waals surface area contributed by atoms with E-state index < -0.39 is 17.4 Å². The monoisotopic (exact) mass is 368 g/mol. The van der Waals surface area contributed by atoms with Gasteiger partial charge in [-0.2, -0.15) is 0 Å². The van der Waals surface area contributed by atoms with E-state index in [0.29, 0.717) is 25.6 Å². The van der Waals surface area contributed by atoms with Crippen LogP contribution in [0.15, 0.2) is 36.4 Å². The minimum atomic E-state index is -0.632. The molecule has 4 rings (SSSR count). The number of likely N-dealkylation sites (tertiary alicyclic amines) is 1. The molecule has 0 radical (unpaired) electrons. The zero-order valence-electron chi connectivity index (χ0n) is 16.3. The van der Waals surface area contributed by atoms with Gasteiger partial charge < -0.3 is 15.0 Å². The lowest BCUT2D eigenvalue weighted by molar-refractivity contribution is -0.137. The van der Waals surface area contributed by atoms with Crippen LogP contribution in [0.3, 0.4) is 0 Å². The lowest BCUT2D eigenvalue weighted by Crippen LogP contribution is -2.44. The van der Waals surface area contributed by atoms with Gasteiger partial charge in [-0.15, -0.1) is 0 Å². The largest absolute Gasteiger partial charge is 0.360 e. The van der Waals surface area contributed by atoms with Crippen LogP contribution in [0, 0.1) is 24.7 Å². The first-order valence-electron chi connectivity index (χ1n) is 9.89. The summed E-state index contributed by atoms with van der Waals surface area (Å²) in [4.78, 5) is 27.8. The highest BCUT2D eigenvalue weighted by atomic mass is 16.5. The second-order valence-corrected chi connectivity index (χ2v) is 8.55. The van der Waals surface area contributed by atoms with E-state index in [-0.39, 0.29) is 17.9 Å². The molecule has 5 nitrogen and oxygen atoms in total. The number of amides is 2. The molecule has 3 aliphatic rings. The van der Waals surface area contributed by atoms with Crippen molar-refractivity contribution in [3.63, 3.8) is 0 Å². The Balaban J connectivity index is 1.49. The number of nitrogens with one attached hydrogen (secondary N) is 1. The minimum absolute atomic E-state index is 0.0337. The number of benzene rings is 1. The molecule has 1 aromatic rings. The van der Waals surface area contributed by atoms with Crippen LogP contribution in [0.25, 0.3) is 0 Å². The SMILES string of the molecule is Cc1ccc(CN2CC34C=CC(O3)C(C(=O)NCCC(C)C)C4C2=O)cc1. The van der Waals surface area contributed by atoms with Gasteiger partial charge in [0, 0.05) is 13.1 Å². The molecule has 0 aromatic heterocycles. The summed E-state index contributed by atoms with van der Waals surface area (Å²) in [6.07, 6.45) is 4.63. The molecule has 3 aliphatic heterocycles. The quantitative estimate of drug-likeness (QED) is 0.785. The maximum Gasteiger partial charge on any atom is 0.230 e. The second kappa shape index (κ2) is 6.79. The third kappa shape index (κ3) is 3.18. The molecule has 144 valence electrons. The standard InChI is InChI=1S/C22H28N2O3/c1-14(2)9-11-23-20(25)18-17-8-10-22(27-17)13-24(21(26)19(18)22)12-16-6-4-15(3)5-7-16/h4-8,10,14,17-19H,9,11-13H2,1-3H3,(H,23,25). The van der Waals surface area contributed by atoms with Gasteiger partial charge in [0.1, 0.15) is 5.60 Å². The second-order valence-electron chi connectivity index (χ2n) is 8.55. The number of fused-ring (bicyclic) bond motifs is 1. The molecule has 4 unspecified atom stereocenters. The molecule has 0 saturated carbocycles. The van der Waals surface area contributed by atoms with Crippen molar-refractivity contribution in [2.45, 2.75) is 45.4 Å². The molecule has 0 aliphatic carbocycles. The summed E-state index contributed by atoms with van der Waals surface area (Å²) in [5.41, 5.74) is 1.67. The highest BCUT2D eigenvalue weighted by Crippen LogP contribution is 2.52. The van der Waals surface area contributed by atoms with Gasteiger partial charge in [0.05, 0.1) is 24.5 Å². The van der Waals surface area contributed by atoms with Crippen molar-refractivity contribution >= 4 is 11.8 Å². The first-order chi connectivity index (χ1) is 12.9. The van der Waals surface area contributed by atoms with Crippen molar-refractivity contribution in [1.29, 1.82) is 0 Å².